The van der Waals surface area contributed by atoms with Crippen LogP contribution < -0.4 is 4.90 Å². The fourth-order valence-electron chi connectivity index (χ4n) is 3.53. The number of carbonyl (C=O) groups excluding carboxylic acids is 1. The molecule has 1 fully saturated rings. The third-order valence-electron chi connectivity index (χ3n) is 4.98. The van der Waals surface area contributed by atoms with Crippen molar-refractivity contribution in [3.63, 3.8) is 0 Å². The molecule has 1 N–H and O–H groups in total. The van der Waals surface area contributed by atoms with Gasteiger partial charge in [-0.05, 0) is 24.6 Å². The van der Waals surface area contributed by atoms with Crippen molar-refractivity contribution in [2.24, 2.45) is 0 Å². The molecule has 28 heavy (non-hydrogen) atoms. The molecule has 0 bridgehead atoms. The van der Waals surface area contributed by atoms with Crippen molar-refractivity contribution in [3.8, 4) is 17.3 Å². The van der Waals surface area contributed by atoms with E-state index in [0.717, 1.165) is 41.9 Å². The Hall–Kier alpha value is -3.11. The van der Waals surface area contributed by atoms with Gasteiger partial charge in [-0.1, -0.05) is 11.6 Å². The molecule has 1 saturated heterocycles. The number of pyridine rings is 2. The Balaban J connectivity index is 0.00000240. The van der Waals surface area contributed by atoms with Gasteiger partial charge in [0.1, 0.15) is 11.5 Å². The van der Waals surface area contributed by atoms with Crippen LogP contribution in [0.25, 0.3) is 22.3 Å². The number of halogens is 1. The van der Waals surface area contributed by atoms with Gasteiger partial charge in [0.15, 0.2) is 0 Å². The molecule has 0 atom stereocenters. The number of anilines is 1. The third-order valence-corrected chi connectivity index (χ3v) is 5.19. The minimum absolute atomic E-state index is 0. The third kappa shape index (κ3) is 3.51. The van der Waals surface area contributed by atoms with Crippen LogP contribution in [0, 0.1) is 11.3 Å². The highest BCUT2D eigenvalue weighted by Crippen LogP contribution is 2.30. The van der Waals surface area contributed by atoms with Gasteiger partial charge < -0.3 is 14.8 Å². The molecule has 7 nitrogen and oxygen atoms in total. The fourth-order valence-corrected chi connectivity index (χ4v) is 3.69. The van der Waals surface area contributed by atoms with Gasteiger partial charge in [-0.25, -0.2) is 9.97 Å². The van der Waals surface area contributed by atoms with Gasteiger partial charge in [-0.15, -0.1) is 0 Å². The zero-order valence-electron chi connectivity index (χ0n) is 15.4. The number of amides is 1. The van der Waals surface area contributed by atoms with Crippen molar-refractivity contribution in [2.75, 3.05) is 31.1 Å². The summed E-state index contributed by atoms with van der Waals surface area (Å²) in [6, 6.07) is 7.64. The quantitative estimate of drug-likeness (QED) is 0.716. The Bertz CT molecular complexity index is 1090. The first-order valence-corrected chi connectivity index (χ1v) is 9.48. The number of fused-ring (bicyclic) bond motifs is 1. The van der Waals surface area contributed by atoms with E-state index < -0.39 is 0 Å². The van der Waals surface area contributed by atoms with E-state index in [1.54, 1.807) is 25.3 Å². The smallest absolute Gasteiger partial charge is 0.219 e. The van der Waals surface area contributed by atoms with Gasteiger partial charge in [0, 0.05) is 57.9 Å². The number of H-pyrrole nitrogens is 1. The summed E-state index contributed by atoms with van der Waals surface area (Å²) in [7, 11) is 0. The predicted molar refractivity (Wildman–Crippen MR) is 110 cm³/mol. The van der Waals surface area contributed by atoms with Gasteiger partial charge in [0.2, 0.25) is 5.91 Å². The number of nitrogens with zero attached hydrogens (tertiary/aromatic N) is 5. The number of carbonyl (C=O) groups is 1. The molecule has 0 aromatic carbocycles. The Morgan fingerprint density at radius 1 is 1.29 bits per heavy atom. The van der Waals surface area contributed by atoms with Crippen LogP contribution in [0.4, 0.5) is 5.82 Å². The SMILES string of the molecule is CC(=O)N1CCCN(c2cc(C#N)cc(-c3c[nH]c4ncc(Cl)cc34)n2)CC1.[HH]. The van der Waals surface area contributed by atoms with E-state index in [-0.39, 0.29) is 7.33 Å². The second kappa shape index (κ2) is 7.49. The van der Waals surface area contributed by atoms with Crippen molar-refractivity contribution in [3.05, 3.63) is 41.2 Å². The molecule has 0 radical (unpaired) electrons. The van der Waals surface area contributed by atoms with E-state index >= 15 is 0 Å². The molecule has 0 saturated carbocycles. The first kappa shape index (κ1) is 18.3. The van der Waals surface area contributed by atoms with Crippen molar-refractivity contribution >= 4 is 34.4 Å². The molecule has 0 spiro atoms. The second-order valence-electron chi connectivity index (χ2n) is 6.81. The maximum Gasteiger partial charge on any atom is 0.219 e. The Labute approximate surface area is 169 Å². The molecule has 1 aliphatic heterocycles. The molecule has 3 aromatic rings. The summed E-state index contributed by atoms with van der Waals surface area (Å²) < 4.78 is 0. The summed E-state index contributed by atoms with van der Waals surface area (Å²) in [5, 5.41) is 10.9. The van der Waals surface area contributed by atoms with E-state index in [0.29, 0.717) is 29.4 Å². The van der Waals surface area contributed by atoms with E-state index in [4.69, 9.17) is 16.6 Å². The minimum Gasteiger partial charge on any atom is -0.355 e. The normalized spacial score (nSPS) is 14.8. The first-order chi connectivity index (χ1) is 13.5. The van der Waals surface area contributed by atoms with Crippen LogP contribution in [0.1, 0.15) is 20.3 Å². The lowest BCUT2D eigenvalue weighted by Gasteiger charge is -2.23. The van der Waals surface area contributed by atoms with Crippen molar-refractivity contribution in [2.45, 2.75) is 13.3 Å². The number of nitriles is 1. The molecule has 1 amide bonds. The number of rotatable bonds is 2. The van der Waals surface area contributed by atoms with Crippen LogP contribution in [0.2, 0.25) is 5.02 Å². The van der Waals surface area contributed by atoms with Gasteiger partial charge >= 0.3 is 0 Å². The molecular weight excluding hydrogens is 376 g/mol. The van der Waals surface area contributed by atoms with Crippen LogP contribution in [0.5, 0.6) is 0 Å². The average Bonchev–Trinajstić information content (AvgIpc) is 2.94. The van der Waals surface area contributed by atoms with Gasteiger partial charge in [-0.2, -0.15) is 5.26 Å². The lowest BCUT2D eigenvalue weighted by atomic mass is 10.1. The maximum absolute atomic E-state index is 11.7. The lowest BCUT2D eigenvalue weighted by molar-refractivity contribution is -0.128. The van der Waals surface area contributed by atoms with Crippen LogP contribution in [-0.2, 0) is 4.79 Å². The molecule has 3 aromatic heterocycles. The van der Waals surface area contributed by atoms with Gasteiger partial charge in [-0.3, -0.25) is 4.79 Å². The monoisotopic (exact) mass is 396 g/mol. The second-order valence-corrected chi connectivity index (χ2v) is 7.25. The molecular formula is C20H21ClN6O. The van der Waals surface area contributed by atoms with E-state index in [9.17, 15) is 10.1 Å². The van der Waals surface area contributed by atoms with E-state index in [1.807, 2.05) is 17.2 Å². The first-order valence-electron chi connectivity index (χ1n) is 9.11. The Kier molecular flexibility index (Phi) is 4.88. The minimum atomic E-state index is 0. The van der Waals surface area contributed by atoms with Crippen molar-refractivity contribution < 1.29 is 6.22 Å². The van der Waals surface area contributed by atoms with Crippen LogP contribution in [0.3, 0.4) is 0 Å². The summed E-state index contributed by atoms with van der Waals surface area (Å²) >= 11 is 6.11. The Morgan fingerprint density at radius 2 is 2.14 bits per heavy atom. The molecule has 8 heteroatoms. The number of hydrogen-bond donors (Lipinski definition) is 1. The standard InChI is InChI=1S/C20H19ClN6O.H2/c1-13(28)26-3-2-4-27(6-5-26)19-8-14(10-22)7-18(25-19)17-12-24-20-16(17)9-15(21)11-23-20;/h7-9,11-12H,2-6H2,1H3,(H,23,24);1H. The summed E-state index contributed by atoms with van der Waals surface area (Å²) in [6.07, 6.45) is 4.29. The average molecular weight is 397 g/mol. The summed E-state index contributed by atoms with van der Waals surface area (Å²) in [6.45, 7) is 4.45. The maximum atomic E-state index is 11.7. The number of aromatic amines is 1. The highest BCUT2D eigenvalue weighted by molar-refractivity contribution is 6.31. The van der Waals surface area contributed by atoms with E-state index in [2.05, 4.69) is 20.9 Å². The van der Waals surface area contributed by atoms with Crippen molar-refractivity contribution in [1.29, 1.82) is 5.26 Å². The van der Waals surface area contributed by atoms with E-state index in [1.165, 1.54) is 0 Å². The molecule has 4 heterocycles. The predicted octanol–water partition coefficient (Wildman–Crippen LogP) is 3.45. The molecule has 0 aliphatic carbocycles. The van der Waals surface area contributed by atoms with Gasteiger partial charge in [0.05, 0.1) is 22.3 Å². The number of aromatic nitrogens is 3. The van der Waals surface area contributed by atoms with Gasteiger partial charge in [0.25, 0.3) is 0 Å². The van der Waals surface area contributed by atoms with Crippen molar-refractivity contribution in [1.82, 2.24) is 19.9 Å². The molecule has 144 valence electrons. The summed E-state index contributed by atoms with van der Waals surface area (Å²) in [5.74, 6) is 0.827. The highest BCUT2D eigenvalue weighted by atomic mass is 35.5. The summed E-state index contributed by atoms with van der Waals surface area (Å²) in [5.41, 5.74) is 2.80. The summed E-state index contributed by atoms with van der Waals surface area (Å²) in [4.78, 5) is 27.9. The lowest BCUT2D eigenvalue weighted by Crippen LogP contribution is -2.33. The highest BCUT2D eigenvalue weighted by Gasteiger charge is 2.19. The topological polar surface area (TPSA) is 88.9 Å². The molecule has 4 rings (SSSR count). The number of nitrogens with one attached hydrogen (secondary N) is 1. The number of hydrogen-bond acceptors (Lipinski definition) is 5. The van der Waals surface area contributed by atoms with Crippen LogP contribution in [-0.4, -0.2) is 51.9 Å². The fraction of sp³-hybridized carbons (Fsp3) is 0.300. The van der Waals surface area contributed by atoms with Crippen LogP contribution in [0.15, 0.2) is 30.6 Å². The largest absolute Gasteiger partial charge is 0.355 e. The molecule has 1 aliphatic rings. The van der Waals surface area contributed by atoms with Crippen LogP contribution >= 0.6 is 11.6 Å². The Morgan fingerprint density at radius 3 is 2.93 bits per heavy atom. The molecule has 0 unspecified atom stereocenters. The zero-order valence-corrected chi connectivity index (χ0v) is 16.2. The zero-order chi connectivity index (χ0) is 19.7.